The van der Waals surface area contributed by atoms with Gasteiger partial charge in [0.15, 0.2) is 0 Å². The van der Waals surface area contributed by atoms with Crippen LogP contribution < -0.4 is 10.1 Å². The fraction of sp³-hybridized carbons (Fsp3) is 0.222. The van der Waals surface area contributed by atoms with Crippen molar-refractivity contribution in [2.45, 2.75) is 20.1 Å². The van der Waals surface area contributed by atoms with Gasteiger partial charge in [-0.1, -0.05) is 43.3 Å². The van der Waals surface area contributed by atoms with Crippen molar-refractivity contribution in [3.63, 3.8) is 0 Å². The minimum Gasteiger partial charge on any atom is -0.487 e. The number of hydrogen-bond acceptors (Lipinski definition) is 3. The van der Waals surface area contributed by atoms with Gasteiger partial charge in [-0.15, -0.1) is 11.3 Å². The van der Waals surface area contributed by atoms with Gasteiger partial charge in [0.05, 0.1) is 0 Å². The van der Waals surface area contributed by atoms with E-state index < -0.39 is 0 Å². The van der Waals surface area contributed by atoms with Crippen molar-refractivity contribution in [1.29, 1.82) is 0 Å². The first-order valence-corrected chi connectivity index (χ1v) is 8.07. The van der Waals surface area contributed by atoms with Gasteiger partial charge in [-0.05, 0) is 30.1 Å². The van der Waals surface area contributed by atoms with Gasteiger partial charge in [-0.3, -0.25) is 0 Å². The number of benzene rings is 2. The lowest BCUT2D eigenvalue weighted by molar-refractivity contribution is 0.313. The largest absolute Gasteiger partial charge is 0.487 e. The van der Waals surface area contributed by atoms with Crippen molar-refractivity contribution >= 4 is 22.1 Å². The summed E-state index contributed by atoms with van der Waals surface area (Å²) in [6, 6.07) is 18.8. The predicted octanol–water partition coefficient (Wildman–Crippen LogP) is 4.59. The minimum atomic E-state index is 0.630. The lowest BCUT2D eigenvalue weighted by atomic mass is 10.1. The van der Waals surface area contributed by atoms with E-state index in [1.165, 1.54) is 20.5 Å². The molecule has 0 saturated carbocycles. The quantitative estimate of drug-likeness (QED) is 0.718. The number of ether oxygens (including phenoxy) is 1. The monoisotopic (exact) mass is 297 g/mol. The number of nitrogens with one attached hydrogen (secondary N) is 1. The van der Waals surface area contributed by atoms with Gasteiger partial charge in [-0.2, -0.15) is 0 Å². The summed E-state index contributed by atoms with van der Waals surface area (Å²) in [5.74, 6) is 0.953. The highest BCUT2D eigenvalue weighted by molar-refractivity contribution is 7.11. The first kappa shape index (κ1) is 14.1. The summed E-state index contributed by atoms with van der Waals surface area (Å²) in [5, 5.41) is 5.73. The normalized spacial score (nSPS) is 10.9. The van der Waals surface area contributed by atoms with Crippen molar-refractivity contribution in [2.24, 2.45) is 0 Å². The number of thiophene rings is 1. The summed E-state index contributed by atoms with van der Waals surface area (Å²) in [5.41, 5.74) is 0. The molecule has 3 heteroatoms. The van der Waals surface area contributed by atoms with E-state index in [2.05, 4.69) is 54.7 Å². The summed E-state index contributed by atoms with van der Waals surface area (Å²) in [6.07, 6.45) is 0. The van der Waals surface area contributed by atoms with Crippen molar-refractivity contribution in [3.05, 3.63) is 64.4 Å². The molecule has 21 heavy (non-hydrogen) atoms. The van der Waals surface area contributed by atoms with E-state index in [4.69, 9.17) is 4.74 Å². The van der Waals surface area contributed by atoms with E-state index in [0.29, 0.717) is 6.61 Å². The molecule has 0 aliphatic heterocycles. The predicted molar refractivity (Wildman–Crippen MR) is 90.0 cm³/mol. The number of rotatable bonds is 6. The Labute approximate surface area is 129 Å². The Morgan fingerprint density at radius 2 is 1.76 bits per heavy atom. The molecule has 1 aromatic heterocycles. The second kappa shape index (κ2) is 6.74. The molecule has 1 N–H and O–H groups in total. The van der Waals surface area contributed by atoms with Gasteiger partial charge in [0.25, 0.3) is 0 Å². The Balaban J connectivity index is 1.70. The van der Waals surface area contributed by atoms with Gasteiger partial charge in [-0.25, -0.2) is 0 Å². The third kappa shape index (κ3) is 3.43. The van der Waals surface area contributed by atoms with Gasteiger partial charge < -0.3 is 10.1 Å². The third-order valence-corrected chi connectivity index (χ3v) is 4.44. The summed E-state index contributed by atoms with van der Waals surface area (Å²) in [6.45, 7) is 4.69. The van der Waals surface area contributed by atoms with Crippen molar-refractivity contribution in [3.8, 4) is 5.75 Å². The fourth-order valence-electron chi connectivity index (χ4n) is 2.31. The van der Waals surface area contributed by atoms with Crippen molar-refractivity contribution in [2.75, 3.05) is 6.54 Å². The first-order chi connectivity index (χ1) is 10.4. The second-order valence-electron chi connectivity index (χ2n) is 4.91. The molecule has 0 bridgehead atoms. The molecule has 0 aliphatic carbocycles. The summed E-state index contributed by atoms with van der Waals surface area (Å²) < 4.78 is 6.01. The Morgan fingerprint density at radius 1 is 0.952 bits per heavy atom. The molecule has 3 aromatic rings. The molecular formula is C18H19NOS. The highest BCUT2D eigenvalue weighted by Gasteiger charge is 2.04. The third-order valence-electron chi connectivity index (χ3n) is 3.39. The van der Waals surface area contributed by atoms with E-state index in [-0.39, 0.29) is 0 Å². The molecule has 2 aromatic carbocycles. The zero-order valence-electron chi connectivity index (χ0n) is 12.1. The molecule has 2 nitrogen and oxygen atoms in total. The van der Waals surface area contributed by atoms with Crippen LogP contribution >= 0.6 is 11.3 Å². The smallest absolute Gasteiger partial charge is 0.127 e. The van der Waals surface area contributed by atoms with Crippen LogP contribution in [-0.2, 0) is 13.2 Å². The average molecular weight is 297 g/mol. The van der Waals surface area contributed by atoms with Crippen LogP contribution in [0, 0.1) is 0 Å². The minimum absolute atomic E-state index is 0.630. The maximum atomic E-state index is 6.01. The summed E-state index contributed by atoms with van der Waals surface area (Å²) in [4.78, 5) is 2.62. The van der Waals surface area contributed by atoms with Gasteiger partial charge in [0.1, 0.15) is 12.4 Å². The van der Waals surface area contributed by atoms with E-state index in [1.807, 2.05) is 23.5 Å². The van der Waals surface area contributed by atoms with Crippen LogP contribution in [0.2, 0.25) is 0 Å². The van der Waals surface area contributed by atoms with E-state index in [1.54, 1.807) is 0 Å². The van der Waals surface area contributed by atoms with Gasteiger partial charge >= 0.3 is 0 Å². The molecule has 1 heterocycles. The Bertz CT molecular complexity index is 715. The lowest BCUT2D eigenvalue weighted by Gasteiger charge is -2.08. The molecule has 0 radical (unpaired) electrons. The number of fused-ring (bicyclic) bond motifs is 1. The molecule has 0 aliphatic rings. The summed E-state index contributed by atoms with van der Waals surface area (Å²) >= 11 is 1.81. The zero-order valence-corrected chi connectivity index (χ0v) is 13.0. The van der Waals surface area contributed by atoms with E-state index >= 15 is 0 Å². The van der Waals surface area contributed by atoms with Gasteiger partial charge in [0.2, 0.25) is 0 Å². The Morgan fingerprint density at radius 3 is 2.67 bits per heavy atom. The zero-order chi connectivity index (χ0) is 14.5. The topological polar surface area (TPSA) is 21.3 Å². The lowest BCUT2D eigenvalue weighted by Crippen LogP contribution is -2.10. The Kier molecular flexibility index (Phi) is 4.53. The molecule has 0 fully saturated rings. The van der Waals surface area contributed by atoms with Crippen molar-refractivity contribution in [1.82, 2.24) is 5.32 Å². The Hall–Kier alpha value is -1.84. The molecule has 0 spiro atoms. The van der Waals surface area contributed by atoms with E-state index in [0.717, 1.165) is 18.8 Å². The SMILES string of the molecule is CCNCc1ccc(COc2cccc3ccccc23)s1. The average Bonchev–Trinajstić information content (AvgIpc) is 2.99. The first-order valence-electron chi connectivity index (χ1n) is 7.25. The highest BCUT2D eigenvalue weighted by atomic mass is 32.1. The molecule has 0 saturated heterocycles. The van der Waals surface area contributed by atoms with E-state index in [9.17, 15) is 0 Å². The van der Waals surface area contributed by atoms with Crippen LogP contribution in [0.4, 0.5) is 0 Å². The molecule has 0 atom stereocenters. The van der Waals surface area contributed by atoms with Crippen LogP contribution in [0.5, 0.6) is 5.75 Å². The molecule has 0 unspecified atom stereocenters. The molecule has 108 valence electrons. The van der Waals surface area contributed by atoms with Crippen LogP contribution in [0.25, 0.3) is 10.8 Å². The second-order valence-corrected chi connectivity index (χ2v) is 6.17. The fourth-order valence-corrected chi connectivity index (χ4v) is 3.21. The summed E-state index contributed by atoms with van der Waals surface area (Å²) in [7, 11) is 0. The van der Waals surface area contributed by atoms with Crippen LogP contribution in [0.15, 0.2) is 54.6 Å². The molecule has 0 amide bonds. The molecular weight excluding hydrogens is 278 g/mol. The van der Waals surface area contributed by atoms with Crippen molar-refractivity contribution < 1.29 is 4.74 Å². The highest BCUT2D eigenvalue weighted by Crippen LogP contribution is 2.27. The van der Waals surface area contributed by atoms with Crippen LogP contribution in [0.1, 0.15) is 16.7 Å². The standard InChI is InChI=1S/C18H19NOS/c1-2-19-12-15-10-11-16(21-15)13-20-18-9-5-7-14-6-3-4-8-17(14)18/h3-11,19H,2,12-13H2,1H3. The number of hydrogen-bond donors (Lipinski definition) is 1. The van der Waals surface area contributed by atoms with Crippen LogP contribution in [0.3, 0.4) is 0 Å². The van der Waals surface area contributed by atoms with Crippen LogP contribution in [-0.4, -0.2) is 6.54 Å². The molecule has 3 rings (SSSR count). The van der Waals surface area contributed by atoms with Gasteiger partial charge in [0, 0.05) is 21.7 Å². The maximum absolute atomic E-state index is 6.01. The maximum Gasteiger partial charge on any atom is 0.127 e.